The van der Waals surface area contributed by atoms with E-state index in [4.69, 9.17) is 11.6 Å². The molecule has 168 valence electrons. The molecule has 0 radical (unpaired) electrons. The van der Waals surface area contributed by atoms with Gasteiger partial charge in [-0.15, -0.1) is 0 Å². The summed E-state index contributed by atoms with van der Waals surface area (Å²) in [5.74, 6) is 0.137. The quantitative estimate of drug-likeness (QED) is 0.717. The summed E-state index contributed by atoms with van der Waals surface area (Å²) >= 11 is 6.03. The Morgan fingerprint density at radius 3 is 2.48 bits per heavy atom. The maximum absolute atomic E-state index is 13.6. The second-order valence-corrected chi connectivity index (χ2v) is 10.5. The summed E-state index contributed by atoms with van der Waals surface area (Å²) in [5, 5.41) is 8.36. The van der Waals surface area contributed by atoms with E-state index in [0.717, 1.165) is 17.7 Å². The number of aromatic nitrogens is 2. The summed E-state index contributed by atoms with van der Waals surface area (Å²) in [6.07, 6.45) is 0.883. The third kappa shape index (κ3) is 4.95. The first-order valence-electron chi connectivity index (χ1n) is 10.8. The number of nitrogens with one attached hydrogen (secondary N) is 1. The van der Waals surface area contributed by atoms with Gasteiger partial charge in [-0.25, -0.2) is 0 Å². The molecule has 1 aromatic carbocycles. The van der Waals surface area contributed by atoms with Crippen molar-refractivity contribution in [2.75, 3.05) is 6.54 Å². The molecule has 0 aliphatic carbocycles. The molecule has 0 fully saturated rings. The fourth-order valence-corrected chi connectivity index (χ4v) is 3.82. The molecule has 31 heavy (non-hydrogen) atoms. The first-order chi connectivity index (χ1) is 14.4. The van der Waals surface area contributed by atoms with Gasteiger partial charge in [0.2, 0.25) is 5.91 Å². The van der Waals surface area contributed by atoms with Crippen LogP contribution in [0.4, 0.5) is 0 Å². The van der Waals surface area contributed by atoms with Crippen molar-refractivity contribution in [2.45, 2.75) is 72.0 Å². The van der Waals surface area contributed by atoms with Crippen LogP contribution in [0, 0.1) is 5.92 Å². The molecule has 1 unspecified atom stereocenters. The minimum atomic E-state index is -1.05. The monoisotopic (exact) mass is 444 g/mol. The highest BCUT2D eigenvalue weighted by Gasteiger charge is 2.48. The number of fused-ring (bicyclic) bond motifs is 1. The predicted molar refractivity (Wildman–Crippen MR) is 123 cm³/mol. The van der Waals surface area contributed by atoms with Crippen molar-refractivity contribution < 1.29 is 9.59 Å². The lowest BCUT2D eigenvalue weighted by Crippen LogP contribution is -2.63. The number of nitrogens with zero attached hydrogens (tertiary/aromatic N) is 3. The maximum atomic E-state index is 13.6. The van der Waals surface area contributed by atoms with Crippen molar-refractivity contribution in [3.8, 4) is 0 Å². The lowest BCUT2D eigenvalue weighted by Gasteiger charge is -2.43. The van der Waals surface area contributed by atoms with Gasteiger partial charge in [0.25, 0.3) is 5.91 Å². The van der Waals surface area contributed by atoms with Crippen molar-refractivity contribution >= 4 is 23.4 Å². The summed E-state index contributed by atoms with van der Waals surface area (Å²) in [6, 6.07) is 9.23. The molecule has 1 aliphatic heterocycles. The molecule has 2 amide bonds. The second kappa shape index (κ2) is 8.65. The van der Waals surface area contributed by atoms with Crippen LogP contribution in [0.3, 0.4) is 0 Å². The highest BCUT2D eigenvalue weighted by molar-refractivity contribution is 6.30. The van der Waals surface area contributed by atoms with Crippen LogP contribution in [0.2, 0.25) is 5.02 Å². The van der Waals surface area contributed by atoms with Gasteiger partial charge in [-0.1, -0.05) is 58.4 Å². The number of hydrogen-bond donors (Lipinski definition) is 1. The first kappa shape index (κ1) is 23.3. The van der Waals surface area contributed by atoms with Crippen LogP contribution in [0.15, 0.2) is 30.3 Å². The van der Waals surface area contributed by atoms with Gasteiger partial charge in [-0.3, -0.25) is 14.3 Å². The van der Waals surface area contributed by atoms with Crippen molar-refractivity contribution in [3.63, 3.8) is 0 Å². The van der Waals surface area contributed by atoms with E-state index in [2.05, 4.69) is 45.0 Å². The Morgan fingerprint density at radius 2 is 1.90 bits per heavy atom. The molecule has 7 heteroatoms. The maximum Gasteiger partial charge on any atom is 0.273 e. The van der Waals surface area contributed by atoms with Crippen LogP contribution >= 0.6 is 11.6 Å². The Hall–Kier alpha value is -2.34. The Labute approximate surface area is 190 Å². The van der Waals surface area contributed by atoms with Crippen LogP contribution < -0.4 is 5.32 Å². The number of amides is 2. The number of hydrogen-bond acceptors (Lipinski definition) is 3. The first-order valence-corrected chi connectivity index (χ1v) is 11.2. The summed E-state index contributed by atoms with van der Waals surface area (Å²) in [4.78, 5) is 28.6. The molecular weight excluding hydrogens is 412 g/mol. The Balaban J connectivity index is 1.98. The van der Waals surface area contributed by atoms with Gasteiger partial charge < -0.3 is 10.2 Å². The van der Waals surface area contributed by atoms with E-state index in [0.29, 0.717) is 36.3 Å². The van der Waals surface area contributed by atoms with Crippen LogP contribution in [0.25, 0.3) is 0 Å². The lowest BCUT2D eigenvalue weighted by atomic mass is 9.91. The van der Waals surface area contributed by atoms with E-state index in [9.17, 15) is 9.59 Å². The van der Waals surface area contributed by atoms with E-state index >= 15 is 0 Å². The van der Waals surface area contributed by atoms with Gasteiger partial charge in [0.15, 0.2) is 0 Å². The normalized spacial score (nSPS) is 19.0. The molecule has 2 heterocycles. The number of carbonyl (C=O) groups excluding carboxylic acids is 2. The van der Waals surface area contributed by atoms with Crippen LogP contribution in [0.5, 0.6) is 0 Å². The highest BCUT2D eigenvalue weighted by Crippen LogP contribution is 2.32. The third-order valence-corrected chi connectivity index (χ3v) is 6.07. The summed E-state index contributed by atoms with van der Waals surface area (Å²) in [7, 11) is 0. The molecule has 0 bridgehead atoms. The Bertz CT molecular complexity index is 959. The molecule has 2 aromatic rings. The van der Waals surface area contributed by atoms with Crippen LogP contribution in [0.1, 0.15) is 69.7 Å². The average Bonchev–Trinajstić information content (AvgIpc) is 3.10. The fourth-order valence-electron chi connectivity index (χ4n) is 3.69. The molecule has 1 aliphatic rings. The summed E-state index contributed by atoms with van der Waals surface area (Å²) < 4.78 is 1.70. The van der Waals surface area contributed by atoms with Crippen molar-refractivity contribution in [1.82, 2.24) is 20.0 Å². The van der Waals surface area contributed by atoms with Crippen LogP contribution in [-0.4, -0.2) is 38.6 Å². The van der Waals surface area contributed by atoms with Crippen molar-refractivity contribution in [3.05, 3.63) is 52.3 Å². The van der Waals surface area contributed by atoms with Gasteiger partial charge in [0.1, 0.15) is 11.2 Å². The Morgan fingerprint density at radius 1 is 1.26 bits per heavy atom. The topological polar surface area (TPSA) is 67.2 Å². The average molecular weight is 445 g/mol. The minimum absolute atomic E-state index is 0.158. The van der Waals surface area contributed by atoms with Gasteiger partial charge in [0, 0.05) is 23.5 Å². The zero-order chi connectivity index (χ0) is 23.0. The van der Waals surface area contributed by atoms with E-state index in [1.165, 1.54) is 0 Å². The standard InChI is InChI=1S/C24H33ClN4O2/c1-16(2)11-12-26-22(31)24(6)15-29-19(13-20(27-29)23(3,4)5)21(30)28(24)14-17-7-9-18(25)10-8-17/h7-10,13,16H,11-12,14-15H2,1-6H3,(H,26,31). The minimum Gasteiger partial charge on any atom is -0.354 e. The molecule has 6 nitrogen and oxygen atoms in total. The molecular formula is C24H33ClN4O2. The molecule has 0 saturated heterocycles. The van der Waals surface area contributed by atoms with Gasteiger partial charge in [-0.2, -0.15) is 5.10 Å². The molecule has 1 atom stereocenters. The molecule has 0 saturated carbocycles. The fraction of sp³-hybridized carbons (Fsp3) is 0.542. The zero-order valence-electron chi connectivity index (χ0n) is 19.3. The van der Waals surface area contributed by atoms with E-state index < -0.39 is 5.54 Å². The molecule has 3 rings (SSSR count). The zero-order valence-corrected chi connectivity index (χ0v) is 20.1. The molecule has 1 N–H and O–H groups in total. The number of rotatable bonds is 6. The van der Waals surface area contributed by atoms with Crippen LogP contribution in [-0.2, 0) is 23.3 Å². The van der Waals surface area contributed by atoms with Crippen molar-refractivity contribution in [2.24, 2.45) is 5.92 Å². The SMILES string of the molecule is CC(C)CCNC(=O)C1(C)Cn2nc(C(C)(C)C)cc2C(=O)N1Cc1ccc(Cl)cc1. The second-order valence-electron chi connectivity index (χ2n) is 10.1. The number of halogens is 1. The number of benzene rings is 1. The van der Waals surface area contributed by atoms with E-state index in [-0.39, 0.29) is 17.2 Å². The van der Waals surface area contributed by atoms with Crippen molar-refractivity contribution in [1.29, 1.82) is 0 Å². The molecule has 1 aromatic heterocycles. The molecule has 0 spiro atoms. The lowest BCUT2D eigenvalue weighted by molar-refractivity contribution is -0.133. The summed E-state index contributed by atoms with van der Waals surface area (Å²) in [6.45, 7) is 13.5. The highest BCUT2D eigenvalue weighted by atomic mass is 35.5. The Kier molecular flexibility index (Phi) is 6.51. The number of carbonyl (C=O) groups is 2. The summed E-state index contributed by atoms with van der Waals surface area (Å²) in [5.41, 5.74) is 1.03. The van der Waals surface area contributed by atoms with Gasteiger partial charge in [0.05, 0.1) is 12.2 Å². The van der Waals surface area contributed by atoms with Gasteiger partial charge >= 0.3 is 0 Å². The largest absolute Gasteiger partial charge is 0.354 e. The predicted octanol–water partition coefficient (Wildman–Crippen LogP) is 4.41. The van der Waals surface area contributed by atoms with E-state index in [1.807, 2.05) is 25.1 Å². The van der Waals surface area contributed by atoms with Gasteiger partial charge in [-0.05, 0) is 43.0 Å². The van der Waals surface area contributed by atoms with E-state index in [1.54, 1.807) is 21.7 Å². The smallest absolute Gasteiger partial charge is 0.273 e. The third-order valence-electron chi connectivity index (χ3n) is 5.82.